The lowest BCUT2D eigenvalue weighted by Gasteiger charge is -2.15. The zero-order chi connectivity index (χ0) is 19.7. The normalized spacial score (nSPS) is 18.7. The zero-order valence-corrected chi connectivity index (χ0v) is 16.7. The third-order valence-electron chi connectivity index (χ3n) is 5.33. The highest BCUT2D eigenvalue weighted by Gasteiger charge is 2.26. The maximum absolute atomic E-state index is 13.2. The van der Waals surface area contributed by atoms with E-state index >= 15 is 0 Å². The molecular formula is C23H23ClFN3. The molecule has 28 heavy (non-hydrogen) atoms. The topological polar surface area (TPSA) is 29.9 Å². The molecule has 1 aromatic heterocycles. The fraction of sp³-hybridized carbons (Fsp3) is 0.261. The van der Waals surface area contributed by atoms with Gasteiger partial charge in [-0.05, 0) is 62.2 Å². The first-order valence-electron chi connectivity index (χ1n) is 9.49. The quantitative estimate of drug-likeness (QED) is 0.579. The van der Waals surface area contributed by atoms with Crippen LogP contribution in [0.1, 0.15) is 34.9 Å². The molecule has 0 saturated heterocycles. The van der Waals surface area contributed by atoms with Gasteiger partial charge >= 0.3 is 0 Å². The molecule has 144 valence electrons. The molecule has 0 bridgehead atoms. The van der Waals surface area contributed by atoms with Crippen LogP contribution in [0.3, 0.4) is 0 Å². The number of benzene rings is 2. The van der Waals surface area contributed by atoms with Crippen molar-refractivity contribution >= 4 is 11.6 Å². The van der Waals surface area contributed by atoms with Gasteiger partial charge in [-0.2, -0.15) is 5.10 Å². The Morgan fingerprint density at radius 2 is 1.93 bits per heavy atom. The third kappa shape index (κ3) is 3.89. The van der Waals surface area contributed by atoms with E-state index in [9.17, 15) is 4.39 Å². The van der Waals surface area contributed by atoms with E-state index in [0.29, 0.717) is 12.0 Å². The number of halogens is 2. The maximum Gasteiger partial charge on any atom is 0.123 e. The van der Waals surface area contributed by atoms with Crippen LogP contribution < -0.4 is 5.32 Å². The molecule has 4 rings (SSSR count). The summed E-state index contributed by atoms with van der Waals surface area (Å²) in [4.78, 5) is 0. The SMILES string of the molecule is Cc1nn(-c2ccc(F)cc2)c(C)c1C1C=CC(NCc2cccc(Cl)c2)C1. The summed E-state index contributed by atoms with van der Waals surface area (Å²) in [5.74, 6) is 0.0870. The molecule has 3 nitrogen and oxygen atoms in total. The number of nitrogens with one attached hydrogen (secondary N) is 1. The standard InChI is InChI=1S/C23H23ClFN3/c1-15-23(16(2)28(27-15)22-10-7-20(25)8-11-22)18-6-9-21(13-18)26-14-17-4-3-5-19(24)12-17/h3-12,18,21,26H,13-14H2,1-2H3. The summed E-state index contributed by atoms with van der Waals surface area (Å²) in [6.45, 7) is 4.91. The molecule has 1 aliphatic rings. The Morgan fingerprint density at radius 3 is 2.68 bits per heavy atom. The third-order valence-corrected chi connectivity index (χ3v) is 5.57. The lowest BCUT2D eigenvalue weighted by Crippen LogP contribution is -2.25. The van der Waals surface area contributed by atoms with Gasteiger partial charge in [-0.25, -0.2) is 9.07 Å². The second-order valence-electron chi connectivity index (χ2n) is 7.32. The Bertz CT molecular complexity index is 1010. The number of hydrogen-bond acceptors (Lipinski definition) is 2. The summed E-state index contributed by atoms with van der Waals surface area (Å²) in [6, 6.07) is 14.7. The number of rotatable bonds is 5. The Labute approximate surface area is 169 Å². The lowest BCUT2D eigenvalue weighted by molar-refractivity contribution is 0.559. The molecule has 0 radical (unpaired) electrons. The predicted molar refractivity (Wildman–Crippen MR) is 112 cm³/mol. The van der Waals surface area contributed by atoms with E-state index in [4.69, 9.17) is 16.7 Å². The van der Waals surface area contributed by atoms with Crippen LogP contribution in [0, 0.1) is 19.7 Å². The molecule has 1 aliphatic carbocycles. The number of nitrogens with zero attached hydrogens (tertiary/aromatic N) is 2. The Hall–Kier alpha value is -2.43. The van der Waals surface area contributed by atoms with E-state index in [1.807, 2.05) is 29.8 Å². The largest absolute Gasteiger partial charge is 0.306 e. The highest BCUT2D eigenvalue weighted by Crippen LogP contribution is 2.34. The molecule has 0 amide bonds. The smallest absolute Gasteiger partial charge is 0.123 e. The number of aromatic nitrogens is 2. The fourth-order valence-corrected chi connectivity index (χ4v) is 4.20. The predicted octanol–water partition coefficient (Wildman–Crippen LogP) is 5.48. The molecule has 1 heterocycles. The second-order valence-corrected chi connectivity index (χ2v) is 7.75. The van der Waals surface area contributed by atoms with E-state index in [1.165, 1.54) is 23.3 Å². The summed E-state index contributed by atoms with van der Waals surface area (Å²) in [5.41, 5.74) is 5.44. The maximum atomic E-state index is 13.2. The van der Waals surface area contributed by atoms with Gasteiger partial charge in [0, 0.05) is 34.8 Å². The van der Waals surface area contributed by atoms with Crippen LogP contribution in [0.5, 0.6) is 0 Å². The second kappa shape index (κ2) is 7.90. The summed E-state index contributed by atoms with van der Waals surface area (Å²) in [6.07, 6.45) is 5.50. The average Bonchev–Trinajstić information content (AvgIpc) is 3.25. The van der Waals surface area contributed by atoms with Gasteiger partial charge in [-0.1, -0.05) is 35.9 Å². The lowest BCUT2D eigenvalue weighted by atomic mass is 9.96. The van der Waals surface area contributed by atoms with Crippen molar-refractivity contribution in [2.45, 2.75) is 38.8 Å². The molecular weight excluding hydrogens is 373 g/mol. The van der Waals surface area contributed by atoms with Crippen LogP contribution in [-0.4, -0.2) is 15.8 Å². The van der Waals surface area contributed by atoms with E-state index < -0.39 is 0 Å². The summed E-state index contributed by atoms with van der Waals surface area (Å²) >= 11 is 6.07. The van der Waals surface area contributed by atoms with Crippen LogP contribution >= 0.6 is 11.6 Å². The van der Waals surface area contributed by atoms with Gasteiger partial charge in [-0.3, -0.25) is 0 Å². The monoisotopic (exact) mass is 395 g/mol. The van der Waals surface area contributed by atoms with E-state index in [-0.39, 0.29) is 5.82 Å². The Morgan fingerprint density at radius 1 is 1.14 bits per heavy atom. The van der Waals surface area contributed by atoms with Crippen LogP contribution in [0.25, 0.3) is 5.69 Å². The van der Waals surface area contributed by atoms with Crippen molar-refractivity contribution in [2.24, 2.45) is 0 Å². The summed E-state index contributed by atoms with van der Waals surface area (Å²) < 4.78 is 15.1. The molecule has 0 fully saturated rings. The molecule has 5 heteroatoms. The van der Waals surface area contributed by atoms with Crippen molar-refractivity contribution in [1.29, 1.82) is 0 Å². The Balaban J connectivity index is 1.47. The molecule has 0 spiro atoms. The first-order valence-corrected chi connectivity index (χ1v) is 9.87. The van der Waals surface area contributed by atoms with Crippen molar-refractivity contribution < 1.29 is 4.39 Å². The zero-order valence-electron chi connectivity index (χ0n) is 16.0. The molecule has 2 atom stereocenters. The van der Waals surface area contributed by atoms with E-state index in [2.05, 4.69) is 30.5 Å². The fourth-order valence-electron chi connectivity index (χ4n) is 3.99. The van der Waals surface area contributed by atoms with Crippen LogP contribution in [0.2, 0.25) is 5.02 Å². The van der Waals surface area contributed by atoms with Gasteiger partial charge in [0.05, 0.1) is 11.4 Å². The summed E-state index contributed by atoms with van der Waals surface area (Å²) in [5, 5.41) is 9.06. The van der Waals surface area contributed by atoms with Gasteiger partial charge in [-0.15, -0.1) is 0 Å². The van der Waals surface area contributed by atoms with E-state index in [1.54, 1.807) is 12.1 Å². The minimum absolute atomic E-state index is 0.238. The van der Waals surface area contributed by atoms with Gasteiger partial charge in [0.1, 0.15) is 5.82 Å². The first-order chi connectivity index (χ1) is 13.5. The highest BCUT2D eigenvalue weighted by atomic mass is 35.5. The number of allylic oxidation sites excluding steroid dienone is 1. The minimum atomic E-state index is -0.238. The van der Waals surface area contributed by atoms with Crippen LogP contribution in [-0.2, 0) is 6.54 Å². The van der Waals surface area contributed by atoms with Crippen molar-refractivity contribution in [3.05, 3.63) is 94.0 Å². The molecule has 0 saturated carbocycles. The minimum Gasteiger partial charge on any atom is -0.306 e. The number of hydrogen-bond donors (Lipinski definition) is 1. The van der Waals surface area contributed by atoms with Gasteiger partial charge < -0.3 is 5.32 Å². The summed E-state index contributed by atoms with van der Waals surface area (Å²) in [7, 11) is 0. The van der Waals surface area contributed by atoms with Crippen molar-refractivity contribution in [3.63, 3.8) is 0 Å². The van der Waals surface area contributed by atoms with E-state index in [0.717, 1.165) is 35.1 Å². The van der Waals surface area contributed by atoms with Gasteiger partial charge in [0.2, 0.25) is 0 Å². The van der Waals surface area contributed by atoms with Crippen molar-refractivity contribution in [1.82, 2.24) is 15.1 Å². The van der Waals surface area contributed by atoms with Crippen LogP contribution in [0.4, 0.5) is 4.39 Å². The molecule has 1 N–H and O–H groups in total. The first kappa shape index (κ1) is 18.9. The van der Waals surface area contributed by atoms with Gasteiger partial charge in [0.15, 0.2) is 0 Å². The molecule has 3 aromatic rings. The Kier molecular flexibility index (Phi) is 5.33. The average molecular weight is 396 g/mol. The number of aryl methyl sites for hydroxylation is 1. The van der Waals surface area contributed by atoms with Crippen molar-refractivity contribution in [2.75, 3.05) is 0 Å². The van der Waals surface area contributed by atoms with Gasteiger partial charge in [0.25, 0.3) is 0 Å². The molecule has 2 aromatic carbocycles. The van der Waals surface area contributed by atoms with Crippen LogP contribution in [0.15, 0.2) is 60.7 Å². The van der Waals surface area contributed by atoms with Crippen molar-refractivity contribution in [3.8, 4) is 5.69 Å². The molecule has 2 unspecified atom stereocenters. The highest BCUT2D eigenvalue weighted by molar-refractivity contribution is 6.30. The molecule has 0 aliphatic heterocycles.